The van der Waals surface area contributed by atoms with Crippen molar-refractivity contribution < 1.29 is 19.4 Å². The van der Waals surface area contributed by atoms with E-state index in [1.807, 2.05) is 37.3 Å². The van der Waals surface area contributed by atoms with Gasteiger partial charge in [-0.1, -0.05) is 49.8 Å². The highest BCUT2D eigenvalue weighted by Gasteiger charge is 2.68. The first-order chi connectivity index (χ1) is 13.3. The number of esters is 1. The maximum absolute atomic E-state index is 12.7. The summed E-state index contributed by atoms with van der Waals surface area (Å²) in [5.41, 5.74) is 2.14. The number of benzene rings is 1. The molecule has 1 N–H and O–H groups in total. The van der Waals surface area contributed by atoms with Crippen molar-refractivity contribution in [3.63, 3.8) is 0 Å². The summed E-state index contributed by atoms with van der Waals surface area (Å²) in [4.78, 5) is 12.7. The molecular weight excluding hydrogens is 352 g/mol. The number of rotatable bonds is 4. The molecule has 150 valence electrons. The van der Waals surface area contributed by atoms with Gasteiger partial charge in [0.15, 0.2) is 6.10 Å². The van der Waals surface area contributed by atoms with Gasteiger partial charge in [-0.15, -0.1) is 0 Å². The average Bonchev–Trinajstić information content (AvgIpc) is 3.16. The standard InChI is InChI=1S/C24H30O4/c1-15(2)24-14-19(25)23(4,28-24)18-12-10-16(3)21(18)22(24)27-20(26)13-11-17-8-6-5-7-9-17/h5-9,11,13,15,18-19,22,25H,10,12,14H2,1-4H3/b13-11+/t18-,19-,22+,23+,24-/m1/s1. The van der Waals surface area contributed by atoms with Crippen LogP contribution in [0.5, 0.6) is 0 Å². The van der Waals surface area contributed by atoms with Crippen LogP contribution in [0.2, 0.25) is 0 Å². The van der Waals surface area contributed by atoms with Crippen LogP contribution in [-0.2, 0) is 14.3 Å². The number of ether oxygens (including phenoxy) is 2. The third-order valence-corrected chi connectivity index (χ3v) is 7.10. The number of carbonyl (C=O) groups excluding carboxylic acids is 1. The van der Waals surface area contributed by atoms with Gasteiger partial charge in [-0.3, -0.25) is 0 Å². The maximum atomic E-state index is 12.7. The summed E-state index contributed by atoms with van der Waals surface area (Å²) in [5.74, 6) is -0.150. The van der Waals surface area contributed by atoms with Crippen LogP contribution >= 0.6 is 0 Å². The van der Waals surface area contributed by atoms with E-state index in [-0.39, 0.29) is 17.8 Å². The van der Waals surface area contributed by atoms with E-state index in [0.29, 0.717) is 6.42 Å². The first-order valence-electron chi connectivity index (χ1n) is 10.3. The van der Waals surface area contributed by atoms with E-state index in [1.165, 1.54) is 17.2 Å². The molecule has 1 aromatic rings. The van der Waals surface area contributed by atoms with E-state index in [0.717, 1.165) is 18.4 Å². The van der Waals surface area contributed by atoms with Crippen molar-refractivity contribution in [2.75, 3.05) is 0 Å². The molecule has 0 amide bonds. The van der Waals surface area contributed by atoms with E-state index in [4.69, 9.17) is 9.47 Å². The van der Waals surface area contributed by atoms with Crippen LogP contribution < -0.4 is 0 Å². The molecule has 0 saturated carbocycles. The number of hydrogen-bond donors (Lipinski definition) is 1. The molecule has 3 aliphatic rings. The number of allylic oxidation sites excluding steroid dienone is 1. The van der Waals surface area contributed by atoms with Crippen LogP contribution in [0.4, 0.5) is 0 Å². The van der Waals surface area contributed by atoms with Gasteiger partial charge in [-0.05, 0) is 49.8 Å². The predicted molar refractivity (Wildman–Crippen MR) is 108 cm³/mol. The molecule has 2 heterocycles. The Labute approximate surface area is 167 Å². The van der Waals surface area contributed by atoms with Crippen LogP contribution in [0.1, 0.15) is 52.5 Å². The predicted octanol–water partition coefficient (Wildman–Crippen LogP) is 4.29. The topological polar surface area (TPSA) is 55.8 Å². The molecule has 2 bridgehead atoms. The monoisotopic (exact) mass is 382 g/mol. The number of aliphatic hydroxyl groups excluding tert-OH is 1. The molecule has 1 aliphatic carbocycles. The zero-order valence-corrected chi connectivity index (χ0v) is 17.1. The lowest BCUT2D eigenvalue weighted by molar-refractivity contribution is -0.220. The second-order valence-corrected chi connectivity index (χ2v) is 9.00. The summed E-state index contributed by atoms with van der Waals surface area (Å²) >= 11 is 0. The number of fused-ring (bicyclic) bond motifs is 4. The van der Waals surface area contributed by atoms with Crippen molar-refractivity contribution in [1.82, 2.24) is 0 Å². The Morgan fingerprint density at radius 1 is 1.32 bits per heavy atom. The highest BCUT2D eigenvalue weighted by Crippen LogP contribution is 2.60. The summed E-state index contributed by atoms with van der Waals surface area (Å²) in [6.45, 7) is 8.33. The number of carbonyl (C=O) groups is 1. The van der Waals surface area contributed by atoms with Crippen LogP contribution in [0.15, 0.2) is 47.6 Å². The summed E-state index contributed by atoms with van der Waals surface area (Å²) in [7, 11) is 0. The summed E-state index contributed by atoms with van der Waals surface area (Å²) < 4.78 is 12.7. The zero-order chi connectivity index (χ0) is 20.1. The fourth-order valence-corrected chi connectivity index (χ4v) is 5.41. The van der Waals surface area contributed by atoms with Crippen molar-refractivity contribution in [3.05, 3.63) is 53.1 Å². The molecule has 2 aliphatic heterocycles. The van der Waals surface area contributed by atoms with E-state index >= 15 is 0 Å². The number of hydrogen-bond acceptors (Lipinski definition) is 4. The molecule has 2 saturated heterocycles. The van der Waals surface area contributed by atoms with Gasteiger partial charge in [0.25, 0.3) is 0 Å². The summed E-state index contributed by atoms with van der Waals surface area (Å²) in [6, 6.07) is 9.71. The minimum Gasteiger partial charge on any atom is -0.452 e. The van der Waals surface area contributed by atoms with E-state index in [9.17, 15) is 9.90 Å². The fourth-order valence-electron chi connectivity index (χ4n) is 5.41. The van der Waals surface area contributed by atoms with Gasteiger partial charge in [0.2, 0.25) is 0 Å². The van der Waals surface area contributed by atoms with Crippen molar-refractivity contribution in [1.29, 1.82) is 0 Å². The zero-order valence-electron chi connectivity index (χ0n) is 17.1. The third kappa shape index (κ3) is 2.85. The third-order valence-electron chi connectivity index (χ3n) is 7.10. The molecule has 4 rings (SSSR count). The van der Waals surface area contributed by atoms with Gasteiger partial charge < -0.3 is 14.6 Å². The van der Waals surface area contributed by atoms with Gasteiger partial charge in [-0.2, -0.15) is 0 Å². The van der Waals surface area contributed by atoms with Gasteiger partial charge in [0, 0.05) is 18.4 Å². The Hall–Kier alpha value is -1.91. The smallest absolute Gasteiger partial charge is 0.331 e. The molecule has 4 nitrogen and oxygen atoms in total. The van der Waals surface area contributed by atoms with Crippen molar-refractivity contribution >= 4 is 12.0 Å². The Kier molecular flexibility index (Phi) is 4.75. The average molecular weight is 383 g/mol. The highest BCUT2D eigenvalue weighted by atomic mass is 16.6. The van der Waals surface area contributed by atoms with Gasteiger partial charge in [-0.25, -0.2) is 4.79 Å². The summed E-state index contributed by atoms with van der Waals surface area (Å²) in [6.07, 6.45) is 4.67. The van der Waals surface area contributed by atoms with Crippen molar-refractivity contribution in [2.24, 2.45) is 11.8 Å². The van der Waals surface area contributed by atoms with Crippen LogP contribution in [0.3, 0.4) is 0 Å². The maximum Gasteiger partial charge on any atom is 0.331 e. The SMILES string of the molecule is CC1=C2[C@@H](CC1)[C@]1(C)O[C@@](C(C)C)(C[C@H]1O)[C@H]2OC(=O)/C=C/c1ccccc1. The fraction of sp³-hybridized carbons (Fsp3) is 0.542. The second kappa shape index (κ2) is 6.85. The van der Waals surface area contributed by atoms with E-state index < -0.39 is 23.4 Å². The molecule has 1 aromatic carbocycles. The normalized spacial score (nSPS) is 37.0. The van der Waals surface area contributed by atoms with Crippen molar-refractivity contribution in [2.45, 2.75) is 70.4 Å². The lowest BCUT2D eigenvalue weighted by Gasteiger charge is -2.50. The molecule has 5 atom stereocenters. The Morgan fingerprint density at radius 3 is 2.71 bits per heavy atom. The largest absolute Gasteiger partial charge is 0.452 e. The van der Waals surface area contributed by atoms with E-state index in [1.54, 1.807) is 6.08 Å². The molecule has 0 spiro atoms. The van der Waals surface area contributed by atoms with Gasteiger partial charge in [0.1, 0.15) is 5.60 Å². The minimum absolute atomic E-state index is 0.104. The van der Waals surface area contributed by atoms with Gasteiger partial charge >= 0.3 is 5.97 Å². The van der Waals surface area contributed by atoms with Crippen molar-refractivity contribution in [3.8, 4) is 0 Å². The Morgan fingerprint density at radius 2 is 2.04 bits per heavy atom. The van der Waals surface area contributed by atoms with Gasteiger partial charge in [0.05, 0.1) is 11.7 Å². The van der Waals surface area contributed by atoms with E-state index in [2.05, 4.69) is 20.8 Å². The molecular formula is C24H30O4. The van der Waals surface area contributed by atoms with Crippen LogP contribution in [-0.4, -0.2) is 34.5 Å². The van der Waals surface area contributed by atoms with Crippen LogP contribution in [0, 0.1) is 11.8 Å². The minimum atomic E-state index is -0.679. The highest BCUT2D eigenvalue weighted by molar-refractivity contribution is 5.87. The quantitative estimate of drug-likeness (QED) is 0.480. The molecule has 0 unspecified atom stereocenters. The lowest BCUT2D eigenvalue weighted by atomic mass is 9.74. The first kappa shape index (κ1) is 19.4. The first-order valence-corrected chi connectivity index (χ1v) is 10.3. The molecule has 28 heavy (non-hydrogen) atoms. The second-order valence-electron chi connectivity index (χ2n) is 9.00. The summed E-state index contributed by atoms with van der Waals surface area (Å²) in [5, 5.41) is 10.9. The Bertz CT molecular complexity index is 824. The Balaban J connectivity index is 1.67. The van der Waals surface area contributed by atoms with Crippen LogP contribution in [0.25, 0.3) is 6.08 Å². The molecule has 0 aromatic heterocycles. The molecule has 2 fully saturated rings. The molecule has 0 radical (unpaired) electrons. The lowest BCUT2D eigenvalue weighted by Crippen LogP contribution is -2.58. The molecule has 4 heteroatoms. The number of aliphatic hydroxyl groups is 1.